The van der Waals surface area contributed by atoms with Crippen molar-refractivity contribution < 1.29 is 8.42 Å². The normalized spacial score (nSPS) is 12.9. The summed E-state index contributed by atoms with van der Waals surface area (Å²) in [6, 6.07) is 9.61. The first kappa shape index (κ1) is 14.7. The molecule has 0 heterocycles. The van der Waals surface area contributed by atoms with Crippen LogP contribution < -0.4 is 5.32 Å². The van der Waals surface area contributed by atoms with E-state index in [1.165, 1.54) is 6.26 Å². The fourth-order valence-corrected chi connectivity index (χ4v) is 2.29. The largest absolute Gasteiger partial charge is 0.310 e. The van der Waals surface area contributed by atoms with Gasteiger partial charge in [0.15, 0.2) is 0 Å². The van der Waals surface area contributed by atoms with Crippen molar-refractivity contribution in [3.63, 3.8) is 0 Å². The van der Waals surface area contributed by atoms with E-state index in [-0.39, 0.29) is 11.8 Å². The number of hydrogen-bond donors (Lipinski definition) is 1. The van der Waals surface area contributed by atoms with Gasteiger partial charge in [-0.1, -0.05) is 12.1 Å². The molecule has 98 valence electrons. The molecular weight excluding hydrogens is 248 g/mol. The van der Waals surface area contributed by atoms with Crippen molar-refractivity contribution in [2.24, 2.45) is 0 Å². The molecule has 0 aliphatic carbocycles. The number of benzene rings is 1. The molecule has 1 aromatic rings. The SMILES string of the molecule is CC(NCCCS(C)(=O)=O)c1ccc(C#N)cc1. The van der Waals surface area contributed by atoms with E-state index < -0.39 is 9.84 Å². The molecule has 18 heavy (non-hydrogen) atoms. The third-order valence-electron chi connectivity index (χ3n) is 2.68. The maximum Gasteiger partial charge on any atom is 0.147 e. The van der Waals surface area contributed by atoms with Gasteiger partial charge in [-0.2, -0.15) is 5.26 Å². The minimum Gasteiger partial charge on any atom is -0.310 e. The van der Waals surface area contributed by atoms with E-state index in [1.807, 2.05) is 19.1 Å². The predicted molar refractivity (Wildman–Crippen MR) is 71.9 cm³/mol. The average molecular weight is 266 g/mol. The molecule has 1 atom stereocenters. The fourth-order valence-electron chi connectivity index (χ4n) is 1.62. The highest BCUT2D eigenvalue weighted by Crippen LogP contribution is 2.12. The first-order valence-electron chi connectivity index (χ1n) is 5.83. The number of hydrogen-bond acceptors (Lipinski definition) is 4. The highest BCUT2D eigenvalue weighted by Gasteiger charge is 2.06. The van der Waals surface area contributed by atoms with E-state index in [0.29, 0.717) is 18.5 Å². The van der Waals surface area contributed by atoms with E-state index in [2.05, 4.69) is 11.4 Å². The first-order chi connectivity index (χ1) is 8.42. The minimum atomic E-state index is -2.87. The van der Waals surface area contributed by atoms with E-state index in [9.17, 15) is 8.42 Å². The average Bonchev–Trinajstić information content (AvgIpc) is 2.33. The molecule has 1 rings (SSSR count). The summed E-state index contributed by atoms with van der Waals surface area (Å²) in [5.41, 5.74) is 1.73. The van der Waals surface area contributed by atoms with E-state index in [1.54, 1.807) is 12.1 Å². The Morgan fingerprint density at radius 2 is 1.94 bits per heavy atom. The summed E-state index contributed by atoms with van der Waals surface area (Å²) < 4.78 is 21.9. The molecule has 5 heteroatoms. The Balaban J connectivity index is 2.41. The van der Waals surface area contributed by atoms with Crippen LogP contribution in [-0.2, 0) is 9.84 Å². The van der Waals surface area contributed by atoms with Crippen LogP contribution in [0, 0.1) is 11.3 Å². The van der Waals surface area contributed by atoms with E-state index >= 15 is 0 Å². The summed E-state index contributed by atoms with van der Waals surface area (Å²) >= 11 is 0. The van der Waals surface area contributed by atoms with Gasteiger partial charge in [0.1, 0.15) is 9.84 Å². The Kier molecular flexibility index (Phi) is 5.32. The van der Waals surface area contributed by atoms with Crippen molar-refractivity contribution in [1.82, 2.24) is 5.32 Å². The van der Waals surface area contributed by atoms with Crippen LogP contribution in [0.4, 0.5) is 0 Å². The number of nitrogens with zero attached hydrogens (tertiary/aromatic N) is 1. The second kappa shape index (κ2) is 6.53. The van der Waals surface area contributed by atoms with Crippen LogP contribution in [-0.4, -0.2) is 27.0 Å². The van der Waals surface area contributed by atoms with Gasteiger partial charge in [-0.15, -0.1) is 0 Å². The van der Waals surface area contributed by atoms with Gasteiger partial charge in [0.05, 0.1) is 17.4 Å². The molecule has 1 aromatic carbocycles. The summed E-state index contributed by atoms with van der Waals surface area (Å²) in [6.07, 6.45) is 1.86. The second-order valence-corrected chi connectivity index (χ2v) is 6.65. The number of rotatable bonds is 6. The topological polar surface area (TPSA) is 70.0 Å². The van der Waals surface area contributed by atoms with Crippen LogP contribution in [0.3, 0.4) is 0 Å². The molecular formula is C13H18N2O2S. The van der Waals surface area contributed by atoms with Crippen molar-refractivity contribution in [2.75, 3.05) is 18.6 Å². The summed E-state index contributed by atoms with van der Waals surface area (Å²) in [6.45, 7) is 2.68. The quantitative estimate of drug-likeness (QED) is 0.795. The van der Waals surface area contributed by atoms with Crippen LogP contribution in [0.5, 0.6) is 0 Å². The third-order valence-corrected chi connectivity index (χ3v) is 3.71. The maximum absolute atomic E-state index is 11.0. The van der Waals surface area contributed by atoms with Crippen molar-refractivity contribution >= 4 is 9.84 Å². The smallest absolute Gasteiger partial charge is 0.147 e. The molecule has 0 aliphatic heterocycles. The fraction of sp³-hybridized carbons (Fsp3) is 0.462. The molecule has 0 spiro atoms. The molecule has 1 unspecified atom stereocenters. The molecule has 0 fully saturated rings. The van der Waals surface area contributed by atoms with Crippen LogP contribution in [0.2, 0.25) is 0 Å². The van der Waals surface area contributed by atoms with Gasteiger partial charge < -0.3 is 5.32 Å². The van der Waals surface area contributed by atoms with Gasteiger partial charge in [-0.05, 0) is 37.6 Å². The Labute approximate surface area is 109 Å². The third kappa shape index (κ3) is 5.30. The standard InChI is InChI=1S/C13H18N2O2S/c1-11(15-8-3-9-18(2,16)17)13-6-4-12(10-14)5-7-13/h4-7,11,15H,3,8-9H2,1-2H3. The molecule has 0 aromatic heterocycles. The van der Waals surface area contributed by atoms with Gasteiger partial charge in [-0.25, -0.2) is 8.42 Å². The van der Waals surface area contributed by atoms with E-state index in [0.717, 1.165) is 5.56 Å². The van der Waals surface area contributed by atoms with Gasteiger partial charge >= 0.3 is 0 Å². The lowest BCUT2D eigenvalue weighted by Gasteiger charge is -2.14. The lowest BCUT2D eigenvalue weighted by Crippen LogP contribution is -2.21. The Hall–Kier alpha value is -1.38. The van der Waals surface area contributed by atoms with Crippen LogP contribution in [0.1, 0.15) is 30.5 Å². The zero-order valence-electron chi connectivity index (χ0n) is 10.7. The maximum atomic E-state index is 11.0. The zero-order chi connectivity index (χ0) is 13.6. The number of sulfone groups is 1. The Bertz CT molecular complexity index is 515. The van der Waals surface area contributed by atoms with Gasteiger partial charge in [0.2, 0.25) is 0 Å². The Morgan fingerprint density at radius 3 is 2.44 bits per heavy atom. The van der Waals surface area contributed by atoms with Crippen molar-refractivity contribution in [1.29, 1.82) is 5.26 Å². The molecule has 4 nitrogen and oxygen atoms in total. The Morgan fingerprint density at radius 1 is 1.33 bits per heavy atom. The molecule has 0 aliphatic rings. The van der Waals surface area contributed by atoms with Crippen molar-refractivity contribution in [3.05, 3.63) is 35.4 Å². The van der Waals surface area contributed by atoms with Gasteiger partial charge in [0.25, 0.3) is 0 Å². The highest BCUT2D eigenvalue weighted by atomic mass is 32.2. The molecule has 0 saturated heterocycles. The molecule has 0 bridgehead atoms. The van der Waals surface area contributed by atoms with Gasteiger partial charge in [-0.3, -0.25) is 0 Å². The predicted octanol–water partition coefficient (Wildman–Crippen LogP) is 1.64. The highest BCUT2D eigenvalue weighted by molar-refractivity contribution is 7.90. The van der Waals surface area contributed by atoms with Crippen LogP contribution >= 0.6 is 0 Å². The van der Waals surface area contributed by atoms with Crippen LogP contribution in [0.15, 0.2) is 24.3 Å². The van der Waals surface area contributed by atoms with Crippen molar-refractivity contribution in [2.45, 2.75) is 19.4 Å². The van der Waals surface area contributed by atoms with E-state index in [4.69, 9.17) is 5.26 Å². The number of nitriles is 1. The molecule has 0 radical (unpaired) electrons. The molecule has 0 saturated carbocycles. The lowest BCUT2D eigenvalue weighted by molar-refractivity contribution is 0.562. The number of nitrogens with one attached hydrogen (secondary N) is 1. The summed E-state index contributed by atoms with van der Waals surface area (Å²) in [7, 11) is -2.87. The van der Waals surface area contributed by atoms with Gasteiger partial charge in [0, 0.05) is 12.3 Å². The zero-order valence-corrected chi connectivity index (χ0v) is 11.5. The molecule has 0 amide bonds. The lowest BCUT2D eigenvalue weighted by atomic mass is 10.1. The van der Waals surface area contributed by atoms with Crippen LogP contribution in [0.25, 0.3) is 0 Å². The summed E-state index contributed by atoms with van der Waals surface area (Å²) in [5.74, 6) is 0.208. The van der Waals surface area contributed by atoms with Crippen molar-refractivity contribution in [3.8, 4) is 6.07 Å². The summed E-state index contributed by atoms with van der Waals surface area (Å²) in [4.78, 5) is 0. The molecule has 1 N–H and O–H groups in total. The monoisotopic (exact) mass is 266 g/mol. The first-order valence-corrected chi connectivity index (χ1v) is 7.89. The minimum absolute atomic E-state index is 0.150. The summed E-state index contributed by atoms with van der Waals surface area (Å²) in [5, 5.41) is 12.0. The second-order valence-electron chi connectivity index (χ2n) is 4.39.